The van der Waals surface area contributed by atoms with Gasteiger partial charge in [-0.3, -0.25) is 9.36 Å². The van der Waals surface area contributed by atoms with Crippen molar-refractivity contribution in [1.82, 2.24) is 14.5 Å². The van der Waals surface area contributed by atoms with E-state index in [2.05, 4.69) is 10.3 Å². The van der Waals surface area contributed by atoms with E-state index < -0.39 is 12.0 Å². The van der Waals surface area contributed by atoms with E-state index in [1.54, 1.807) is 25.2 Å². The van der Waals surface area contributed by atoms with Gasteiger partial charge in [0.2, 0.25) is 5.95 Å². The average Bonchev–Trinajstić information content (AvgIpc) is 3.17. The van der Waals surface area contributed by atoms with Gasteiger partial charge in [-0.25, -0.2) is 14.8 Å². The lowest BCUT2D eigenvalue weighted by Gasteiger charge is -2.24. The molecule has 0 bridgehead atoms. The van der Waals surface area contributed by atoms with Crippen molar-refractivity contribution in [2.45, 2.75) is 19.1 Å². The van der Waals surface area contributed by atoms with Crippen LogP contribution in [0.25, 0.3) is 10.9 Å². The van der Waals surface area contributed by atoms with Gasteiger partial charge in [0.25, 0.3) is 5.56 Å². The molecule has 172 valence electrons. The zero-order chi connectivity index (χ0) is 23.6. The molecule has 5 rings (SSSR count). The van der Waals surface area contributed by atoms with E-state index in [1.807, 2.05) is 11.8 Å². The number of fused-ring (bicyclic) bond motifs is 2. The number of nitrogens with zero attached hydrogens (tertiary/aromatic N) is 4. The lowest BCUT2D eigenvalue weighted by Crippen LogP contribution is -2.33. The molecule has 33 heavy (non-hydrogen) atoms. The molecule has 11 heteroatoms. The molecule has 1 aliphatic carbocycles. The maximum absolute atomic E-state index is 13.2. The standard InChI is InChI=1S/C22H21Cl2N5O4/c1-9(25-15-3-4-16(24)26-18(15)21(32)33)11-5-10(23)6-12-17(11)27-22(28(2)20(12)31)29-7-13-14(8-29)19(13)30/h3-6,9,13-14,19,25,30H,7-8H2,1-2H3,(H,32,33)/t9-,13-,14+,19?/m0/s1. The third-order valence-corrected chi connectivity index (χ3v) is 6.91. The summed E-state index contributed by atoms with van der Waals surface area (Å²) in [5, 5.41) is 23.3. The van der Waals surface area contributed by atoms with E-state index in [1.165, 1.54) is 10.6 Å². The van der Waals surface area contributed by atoms with Crippen LogP contribution >= 0.6 is 23.2 Å². The van der Waals surface area contributed by atoms with Crippen LogP contribution in [-0.4, -0.2) is 49.9 Å². The summed E-state index contributed by atoms with van der Waals surface area (Å²) in [7, 11) is 1.67. The number of nitrogens with one attached hydrogen (secondary N) is 1. The molecule has 0 radical (unpaired) electrons. The third-order valence-electron chi connectivity index (χ3n) is 6.49. The van der Waals surface area contributed by atoms with Gasteiger partial charge in [-0.1, -0.05) is 23.2 Å². The van der Waals surface area contributed by atoms with E-state index in [9.17, 15) is 19.8 Å². The summed E-state index contributed by atoms with van der Waals surface area (Å²) in [6.45, 7) is 3.12. The topological polar surface area (TPSA) is 121 Å². The van der Waals surface area contributed by atoms with Crippen molar-refractivity contribution in [2.24, 2.45) is 18.9 Å². The number of rotatable bonds is 5. The maximum Gasteiger partial charge on any atom is 0.356 e. The molecule has 2 fully saturated rings. The minimum Gasteiger partial charge on any atom is -0.476 e. The molecule has 4 atom stereocenters. The van der Waals surface area contributed by atoms with Crippen molar-refractivity contribution >= 4 is 51.7 Å². The predicted molar refractivity (Wildman–Crippen MR) is 125 cm³/mol. The number of anilines is 2. The molecule has 1 saturated heterocycles. The van der Waals surface area contributed by atoms with Crippen molar-refractivity contribution in [2.75, 3.05) is 23.3 Å². The fraction of sp³-hybridized carbons (Fsp3) is 0.364. The number of pyridine rings is 1. The molecular formula is C22H21Cl2N5O4. The monoisotopic (exact) mass is 489 g/mol. The number of aliphatic hydroxyl groups is 1. The van der Waals surface area contributed by atoms with Crippen LogP contribution in [0.2, 0.25) is 10.2 Å². The molecule has 1 unspecified atom stereocenters. The number of carboxylic acids is 1. The zero-order valence-corrected chi connectivity index (χ0v) is 19.3. The van der Waals surface area contributed by atoms with Gasteiger partial charge < -0.3 is 20.4 Å². The average molecular weight is 490 g/mol. The van der Waals surface area contributed by atoms with Crippen LogP contribution in [0.15, 0.2) is 29.1 Å². The van der Waals surface area contributed by atoms with Crippen LogP contribution in [-0.2, 0) is 7.05 Å². The molecule has 3 heterocycles. The molecular weight excluding hydrogens is 469 g/mol. The number of hydrogen-bond donors (Lipinski definition) is 3. The SMILES string of the molecule is C[C@H](Nc1ccc(Cl)nc1C(=O)O)c1cc(Cl)cc2c(=O)n(C)c(N3C[C@@H]4C(O)[C@@H]4C3)nc12. The van der Waals surface area contributed by atoms with Crippen molar-refractivity contribution in [3.05, 3.63) is 56.1 Å². The Kier molecular flexibility index (Phi) is 5.23. The number of carbonyl (C=O) groups is 1. The van der Waals surface area contributed by atoms with Crippen LogP contribution < -0.4 is 15.8 Å². The predicted octanol–water partition coefficient (Wildman–Crippen LogP) is 2.93. The van der Waals surface area contributed by atoms with Crippen LogP contribution in [0.5, 0.6) is 0 Å². The second-order valence-corrected chi connectivity index (χ2v) is 9.42. The second-order valence-electron chi connectivity index (χ2n) is 8.59. The first-order valence-electron chi connectivity index (χ1n) is 10.4. The molecule has 1 aliphatic heterocycles. The Labute approximate surface area is 198 Å². The van der Waals surface area contributed by atoms with Gasteiger partial charge >= 0.3 is 5.97 Å². The van der Waals surface area contributed by atoms with Gasteiger partial charge in [0.05, 0.1) is 28.7 Å². The van der Waals surface area contributed by atoms with Crippen molar-refractivity contribution in [3.63, 3.8) is 0 Å². The van der Waals surface area contributed by atoms with E-state index >= 15 is 0 Å². The van der Waals surface area contributed by atoms with Crippen LogP contribution in [0.1, 0.15) is 29.0 Å². The van der Waals surface area contributed by atoms with Crippen LogP contribution in [0, 0.1) is 11.8 Å². The van der Waals surface area contributed by atoms with Gasteiger partial charge in [-0.05, 0) is 31.2 Å². The van der Waals surface area contributed by atoms with Crippen LogP contribution in [0.3, 0.4) is 0 Å². The smallest absolute Gasteiger partial charge is 0.356 e. The summed E-state index contributed by atoms with van der Waals surface area (Å²) in [6, 6.07) is 5.89. The summed E-state index contributed by atoms with van der Waals surface area (Å²) < 4.78 is 1.50. The first kappa shape index (κ1) is 21.9. The Morgan fingerprint density at radius 1 is 1.21 bits per heavy atom. The molecule has 3 aromatic rings. The molecule has 0 amide bonds. The summed E-state index contributed by atoms with van der Waals surface area (Å²) in [5.41, 5.74) is 0.973. The second kappa shape index (κ2) is 7.86. The Morgan fingerprint density at radius 2 is 1.91 bits per heavy atom. The summed E-state index contributed by atoms with van der Waals surface area (Å²) in [4.78, 5) is 35.6. The van der Waals surface area contributed by atoms with E-state index in [-0.39, 0.29) is 40.0 Å². The van der Waals surface area contributed by atoms with E-state index in [0.29, 0.717) is 40.5 Å². The van der Waals surface area contributed by atoms with Gasteiger partial charge in [0, 0.05) is 42.6 Å². The normalized spacial score (nSPS) is 22.3. The summed E-state index contributed by atoms with van der Waals surface area (Å²) in [5.74, 6) is -0.251. The van der Waals surface area contributed by atoms with E-state index in [0.717, 1.165) is 0 Å². The van der Waals surface area contributed by atoms with E-state index in [4.69, 9.17) is 28.2 Å². The number of piperidine rings is 1. The minimum atomic E-state index is -1.22. The Bertz CT molecular complexity index is 1350. The van der Waals surface area contributed by atoms with Gasteiger partial charge in [0.15, 0.2) is 5.69 Å². The number of aromatic carboxylic acids is 1. The quantitative estimate of drug-likeness (QED) is 0.467. The molecule has 1 saturated carbocycles. The molecule has 1 aromatic carbocycles. The maximum atomic E-state index is 13.2. The molecule has 9 nitrogen and oxygen atoms in total. The summed E-state index contributed by atoms with van der Waals surface area (Å²) in [6.07, 6.45) is -0.270. The third kappa shape index (κ3) is 3.70. The molecule has 2 aromatic heterocycles. The Balaban J connectivity index is 1.58. The number of aromatic nitrogens is 3. The number of aliphatic hydroxyl groups excluding tert-OH is 1. The first-order chi connectivity index (χ1) is 15.7. The number of hydrogen-bond acceptors (Lipinski definition) is 7. The highest BCUT2D eigenvalue weighted by Gasteiger charge is 2.55. The van der Waals surface area contributed by atoms with Gasteiger partial charge in [0.1, 0.15) is 5.15 Å². The Morgan fingerprint density at radius 3 is 2.58 bits per heavy atom. The fourth-order valence-electron chi connectivity index (χ4n) is 4.65. The lowest BCUT2D eigenvalue weighted by molar-refractivity contribution is 0.0691. The summed E-state index contributed by atoms with van der Waals surface area (Å²) >= 11 is 12.2. The fourth-order valence-corrected chi connectivity index (χ4v) is 5.03. The highest BCUT2D eigenvalue weighted by molar-refractivity contribution is 6.31. The van der Waals surface area contributed by atoms with Crippen molar-refractivity contribution < 1.29 is 15.0 Å². The molecule has 3 N–H and O–H groups in total. The molecule has 0 spiro atoms. The lowest BCUT2D eigenvalue weighted by atomic mass is 10.0. The van der Waals surface area contributed by atoms with Crippen molar-refractivity contribution in [3.8, 4) is 0 Å². The number of halogens is 2. The highest BCUT2D eigenvalue weighted by atomic mass is 35.5. The largest absolute Gasteiger partial charge is 0.476 e. The molecule has 2 aliphatic rings. The van der Waals surface area contributed by atoms with Gasteiger partial charge in [-0.15, -0.1) is 0 Å². The van der Waals surface area contributed by atoms with Gasteiger partial charge in [-0.2, -0.15) is 0 Å². The minimum absolute atomic E-state index is 0.0717. The number of carboxylic acid groups (broad SMARTS) is 1. The zero-order valence-electron chi connectivity index (χ0n) is 17.8. The Hall–Kier alpha value is -2.88. The first-order valence-corrected chi connectivity index (χ1v) is 11.2. The van der Waals surface area contributed by atoms with Crippen LogP contribution in [0.4, 0.5) is 11.6 Å². The van der Waals surface area contributed by atoms with Crippen molar-refractivity contribution in [1.29, 1.82) is 0 Å². The highest BCUT2D eigenvalue weighted by Crippen LogP contribution is 2.46. The number of benzene rings is 1.